The SMILES string of the molecule is Cc1nc2c3c(nn2c(C)c1Cl)CN(C(=O)c1ccccc1CCl)C3. The number of nitrogens with zero attached hydrogens (tertiary/aromatic N) is 4. The number of hydrogen-bond acceptors (Lipinski definition) is 3. The van der Waals surface area contributed by atoms with Crippen molar-refractivity contribution in [3.63, 3.8) is 0 Å². The normalized spacial score (nSPS) is 13.5. The fraction of sp³-hybridized carbons (Fsp3) is 0.278. The van der Waals surface area contributed by atoms with Crippen molar-refractivity contribution in [2.24, 2.45) is 0 Å². The summed E-state index contributed by atoms with van der Waals surface area (Å²) in [5.74, 6) is 0.277. The number of halogens is 2. The van der Waals surface area contributed by atoms with E-state index in [2.05, 4.69) is 10.1 Å². The fourth-order valence-electron chi connectivity index (χ4n) is 3.27. The molecule has 2 aromatic heterocycles. The number of carbonyl (C=O) groups is 1. The van der Waals surface area contributed by atoms with Crippen LogP contribution in [0.4, 0.5) is 0 Å². The van der Waals surface area contributed by atoms with Gasteiger partial charge in [0.05, 0.1) is 35.2 Å². The molecule has 3 aromatic rings. The molecule has 0 bridgehead atoms. The average molecular weight is 375 g/mol. The number of hydrogen-bond donors (Lipinski definition) is 0. The van der Waals surface area contributed by atoms with Gasteiger partial charge in [-0.05, 0) is 25.5 Å². The van der Waals surface area contributed by atoms with Crippen LogP contribution in [0.1, 0.15) is 38.6 Å². The van der Waals surface area contributed by atoms with Crippen molar-refractivity contribution in [3.8, 4) is 0 Å². The van der Waals surface area contributed by atoms with Crippen LogP contribution in [0.25, 0.3) is 5.65 Å². The van der Waals surface area contributed by atoms with Gasteiger partial charge in [-0.3, -0.25) is 4.79 Å². The lowest BCUT2D eigenvalue weighted by Crippen LogP contribution is -2.26. The quantitative estimate of drug-likeness (QED) is 0.639. The molecule has 1 aliphatic heterocycles. The Hall–Kier alpha value is -2.11. The lowest BCUT2D eigenvalue weighted by molar-refractivity contribution is 0.0749. The van der Waals surface area contributed by atoms with E-state index in [0.717, 1.165) is 33.9 Å². The summed E-state index contributed by atoms with van der Waals surface area (Å²) in [7, 11) is 0. The standard InChI is InChI=1S/C18H16Cl2N4O/c1-10-16(20)11(2)24-17(21-10)14-8-23(9-15(14)22-24)18(25)13-6-4-3-5-12(13)7-19/h3-6H,7-9H2,1-2H3. The molecule has 0 atom stereocenters. The maximum absolute atomic E-state index is 12.9. The van der Waals surface area contributed by atoms with Crippen LogP contribution in [-0.2, 0) is 19.0 Å². The maximum atomic E-state index is 12.9. The van der Waals surface area contributed by atoms with E-state index in [-0.39, 0.29) is 5.91 Å². The molecular weight excluding hydrogens is 359 g/mol. The van der Waals surface area contributed by atoms with Gasteiger partial charge in [-0.1, -0.05) is 29.8 Å². The molecule has 0 saturated carbocycles. The van der Waals surface area contributed by atoms with Crippen LogP contribution < -0.4 is 0 Å². The second-order valence-electron chi connectivity index (χ2n) is 6.21. The Morgan fingerprint density at radius 1 is 1.24 bits per heavy atom. The van der Waals surface area contributed by atoms with E-state index in [4.69, 9.17) is 23.2 Å². The van der Waals surface area contributed by atoms with Crippen molar-refractivity contribution in [3.05, 3.63) is 63.1 Å². The molecule has 0 fully saturated rings. The third-order valence-corrected chi connectivity index (χ3v) is 5.47. The zero-order valence-electron chi connectivity index (χ0n) is 13.9. The first-order chi connectivity index (χ1) is 12.0. The maximum Gasteiger partial charge on any atom is 0.254 e. The van der Waals surface area contributed by atoms with E-state index in [1.165, 1.54) is 0 Å². The largest absolute Gasteiger partial charge is 0.328 e. The summed E-state index contributed by atoms with van der Waals surface area (Å²) in [6.07, 6.45) is 0. The molecule has 0 N–H and O–H groups in total. The van der Waals surface area contributed by atoms with E-state index in [1.807, 2.05) is 38.1 Å². The summed E-state index contributed by atoms with van der Waals surface area (Å²) in [4.78, 5) is 19.3. The van der Waals surface area contributed by atoms with Gasteiger partial charge in [-0.15, -0.1) is 11.6 Å². The predicted octanol–water partition coefficient (Wildman–Crippen LogP) is 3.89. The Bertz CT molecular complexity index is 1010. The highest BCUT2D eigenvalue weighted by Gasteiger charge is 2.31. The molecule has 1 aromatic carbocycles. The molecule has 4 rings (SSSR count). The second kappa shape index (κ2) is 6.00. The second-order valence-corrected chi connectivity index (χ2v) is 6.85. The first-order valence-corrected chi connectivity index (χ1v) is 8.88. The third-order valence-electron chi connectivity index (χ3n) is 4.63. The Kier molecular flexibility index (Phi) is 3.93. The summed E-state index contributed by atoms with van der Waals surface area (Å²) in [5.41, 5.74) is 5.74. The van der Waals surface area contributed by atoms with Crippen LogP contribution in [0.15, 0.2) is 24.3 Å². The van der Waals surface area contributed by atoms with Crippen molar-refractivity contribution < 1.29 is 4.79 Å². The van der Waals surface area contributed by atoms with Crippen molar-refractivity contribution >= 4 is 34.8 Å². The number of alkyl halides is 1. The van der Waals surface area contributed by atoms with E-state index in [0.29, 0.717) is 29.6 Å². The molecule has 0 unspecified atom stereocenters. The van der Waals surface area contributed by atoms with Gasteiger partial charge in [0.2, 0.25) is 0 Å². The van der Waals surface area contributed by atoms with Crippen molar-refractivity contribution in [2.75, 3.05) is 0 Å². The first kappa shape index (κ1) is 16.4. The molecule has 3 heterocycles. The van der Waals surface area contributed by atoms with Gasteiger partial charge in [-0.25, -0.2) is 9.50 Å². The molecule has 128 valence electrons. The van der Waals surface area contributed by atoms with Crippen LogP contribution in [-0.4, -0.2) is 25.4 Å². The van der Waals surface area contributed by atoms with Crippen LogP contribution >= 0.6 is 23.2 Å². The number of benzene rings is 1. The topological polar surface area (TPSA) is 50.5 Å². The van der Waals surface area contributed by atoms with Gasteiger partial charge in [-0.2, -0.15) is 5.10 Å². The lowest BCUT2D eigenvalue weighted by Gasteiger charge is -2.17. The monoisotopic (exact) mass is 374 g/mol. The smallest absolute Gasteiger partial charge is 0.254 e. The summed E-state index contributed by atoms with van der Waals surface area (Å²) >= 11 is 12.2. The number of fused-ring (bicyclic) bond motifs is 3. The number of amides is 1. The lowest BCUT2D eigenvalue weighted by atomic mass is 10.1. The Balaban J connectivity index is 1.71. The van der Waals surface area contributed by atoms with Gasteiger partial charge in [0.25, 0.3) is 5.91 Å². The Morgan fingerprint density at radius 3 is 2.76 bits per heavy atom. The van der Waals surface area contributed by atoms with E-state index in [9.17, 15) is 4.79 Å². The highest BCUT2D eigenvalue weighted by Crippen LogP contribution is 2.30. The molecular formula is C18H16Cl2N4O. The van der Waals surface area contributed by atoms with Crippen LogP contribution in [0.3, 0.4) is 0 Å². The molecule has 5 nitrogen and oxygen atoms in total. The van der Waals surface area contributed by atoms with Crippen LogP contribution in [0.2, 0.25) is 5.02 Å². The number of rotatable bonds is 2. The number of aryl methyl sites for hydroxylation is 2. The molecule has 25 heavy (non-hydrogen) atoms. The minimum atomic E-state index is -0.0326. The van der Waals surface area contributed by atoms with Crippen LogP contribution in [0, 0.1) is 13.8 Å². The van der Waals surface area contributed by atoms with Gasteiger partial charge in [0, 0.05) is 17.0 Å². The summed E-state index contributed by atoms with van der Waals surface area (Å²) in [5, 5.41) is 5.24. The summed E-state index contributed by atoms with van der Waals surface area (Å²) in [6.45, 7) is 4.75. The minimum absolute atomic E-state index is 0.0326. The zero-order valence-corrected chi connectivity index (χ0v) is 15.4. The van der Waals surface area contributed by atoms with Gasteiger partial charge >= 0.3 is 0 Å². The number of carbonyl (C=O) groups excluding carboxylic acids is 1. The molecule has 0 spiro atoms. The molecule has 7 heteroatoms. The highest BCUT2D eigenvalue weighted by molar-refractivity contribution is 6.31. The minimum Gasteiger partial charge on any atom is -0.328 e. The average Bonchev–Trinajstić information content (AvgIpc) is 3.18. The fourth-order valence-corrected chi connectivity index (χ4v) is 3.63. The first-order valence-electron chi connectivity index (χ1n) is 7.97. The predicted molar refractivity (Wildman–Crippen MR) is 97.0 cm³/mol. The summed E-state index contributed by atoms with van der Waals surface area (Å²) in [6, 6.07) is 7.43. The van der Waals surface area contributed by atoms with E-state index in [1.54, 1.807) is 9.42 Å². The van der Waals surface area contributed by atoms with E-state index < -0.39 is 0 Å². The molecule has 1 aliphatic rings. The van der Waals surface area contributed by atoms with Crippen LogP contribution in [0.5, 0.6) is 0 Å². The van der Waals surface area contributed by atoms with Gasteiger partial charge in [0.15, 0.2) is 5.65 Å². The van der Waals surface area contributed by atoms with Crippen molar-refractivity contribution in [1.82, 2.24) is 19.5 Å². The Morgan fingerprint density at radius 2 is 2.00 bits per heavy atom. The molecule has 0 saturated heterocycles. The van der Waals surface area contributed by atoms with Gasteiger partial charge < -0.3 is 4.90 Å². The zero-order chi connectivity index (χ0) is 17.7. The molecule has 1 amide bonds. The Labute approximate surface area is 155 Å². The highest BCUT2D eigenvalue weighted by atomic mass is 35.5. The molecule has 0 aliphatic carbocycles. The number of aromatic nitrogens is 3. The van der Waals surface area contributed by atoms with E-state index >= 15 is 0 Å². The summed E-state index contributed by atoms with van der Waals surface area (Å²) < 4.78 is 1.77. The van der Waals surface area contributed by atoms with Crippen molar-refractivity contribution in [2.45, 2.75) is 32.8 Å². The van der Waals surface area contributed by atoms with Gasteiger partial charge in [0.1, 0.15) is 0 Å². The van der Waals surface area contributed by atoms with Crippen molar-refractivity contribution in [1.29, 1.82) is 0 Å². The molecule has 0 radical (unpaired) electrons. The third kappa shape index (κ3) is 2.50.